The number of hydrogen-bond donors (Lipinski definition) is 2. The van der Waals surface area contributed by atoms with E-state index < -0.39 is 0 Å². The first-order chi connectivity index (χ1) is 11.8. The maximum atomic E-state index is 5.43. The monoisotopic (exact) mass is 356 g/mol. The average molecular weight is 356 g/mol. The fourth-order valence-corrected chi connectivity index (χ4v) is 2.99. The first-order valence-corrected chi connectivity index (χ1v) is 8.81. The molecule has 2 aromatic carbocycles. The predicted molar refractivity (Wildman–Crippen MR) is 105 cm³/mol. The predicted octanol–water partition coefficient (Wildman–Crippen LogP) is 4.76. The van der Waals surface area contributed by atoms with E-state index in [9.17, 15) is 0 Å². The van der Waals surface area contributed by atoms with E-state index in [-0.39, 0.29) is 18.2 Å². The first-order valence-electron chi connectivity index (χ1n) is 8.40. The average Bonchev–Trinajstić information content (AvgIpc) is 3.01. The highest BCUT2D eigenvalue weighted by atomic mass is 32.1. The Kier molecular flexibility index (Phi) is 4.86. The van der Waals surface area contributed by atoms with Crippen LogP contribution in [-0.4, -0.2) is 11.9 Å². The van der Waals surface area contributed by atoms with Crippen molar-refractivity contribution in [3.63, 3.8) is 0 Å². The third-order valence-corrected chi connectivity index (χ3v) is 4.47. The Balaban J connectivity index is 1.60. The number of anilines is 1. The van der Waals surface area contributed by atoms with Crippen molar-refractivity contribution in [2.24, 2.45) is 0 Å². The Morgan fingerprint density at radius 3 is 2.40 bits per heavy atom. The van der Waals surface area contributed by atoms with E-state index in [1.807, 2.05) is 18.2 Å². The van der Waals surface area contributed by atoms with E-state index in [1.54, 1.807) is 0 Å². The van der Waals surface area contributed by atoms with E-state index in [0.29, 0.717) is 5.11 Å². The lowest BCUT2D eigenvalue weighted by atomic mass is 9.86. The second-order valence-electron chi connectivity index (χ2n) is 7.26. The van der Waals surface area contributed by atoms with Crippen LogP contribution in [0.1, 0.15) is 44.9 Å². The Bertz CT molecular complexity index is 766. The van der Waals surface area contributed by atoms with Gasteiger partial charge in [-0.2, -0.15) is 0 Å². The smallest absolute Gasteiger partial charge is 0.231 e. The maximum absolute atomic E-state index is 5.43. The van der Waals surface area contributed by atoms with E-state index in [0.717, 1.165) is 17.2 Å². The van der Waals surface area contributed by atoms with Crippen molar-refractivity contribution >= 4 is 23.0 Å². The van der Waals surface area contributed by atoms with Gasteiger partial charge in [0.1, 0.15) is 0 Å². The summed E-state index contributed by atoms with van der Waals surface area (Å²) in [4.78, 5) is 0. The molecule has 0 aromatic heterocycles. The number of hydrogen-bond acceptors (Lipinski definition) is 3. The molecule has 25 heavy (non-hydrogen) atoms. The van der Waals surface area contributed by atoms with Crippen LogP contribution in [0.25, 0.3) is 0 Å². The molecule has 2 N–H and O–H groups in total. The molecular weight excluding hydrogens is 332 g/mol. The second-order valence-corrected chi connectivity index (χ2v) is 7.67. The Morgan fingerprint density at radius 1 is 1.04 bits per heavy atom. The minimum atomic E-state index is 0.114. The van der Waals surface area contributed by atoms with Crippen LogP contribution in [0.15, 0.2) is 42.5 Å². The molecule has 0 saturated heterocycles. The standard InChI is InChI=1S/C20H24N2O2S/c1-13(14-5-7-15(8-6-14)20(2,3)4)21-19(25)22-16-9-10-17-18(11-16)24-12-23-17/h5-11,13H,12H2,1-4H3,(H2,21,22,25). The molecule has 0 spiro atoms. The molecule has 1 atom stereocenters. The van der Waals surface area contributed by atoms with Crippen LogP contribution in [0.3, 0.4) is 0 Å². The molecule has 4 nitrogen and oxygen atoms in total. The van der Waals surface area contributed by atoms with Gasteiger partial charge in [0, 0.05) is 11.8 Å². The summed E-state index contributed by atoms with van der Waals surface area (Å²) >= 11 is 5.43. The minimum absolute atomic E-state index is 0.114. The summed E-state index contributed by atoms with van der Waals surface area (Å²) in [6.07, 6.45) is 0. The number of rotatable bonds is 3. The summed E-state index contributed by atoms with van der Waals surface area (Å²) in [5.74, 6) is 1.50. The van der Waals surface area contributed by atoms with Crippen LogP contribution in [0.5, 0.6) is 11.5 Å². The molecule has 3 rings (SSSR count). The van der Waals surface area contributed by atoms with Gasteiger partial charge in [-0.1, -0.05) is 45.0 Å². The van der Waals surface area contributed by atoms with E-state index in [2.05, 4.69) is 62.6 Å². The second kappa shape index (κ2) is 6.92. The number of thiocarbonyl (C=S) groups is 1. The van der Waals surface area contributed by atoms with Crippen molar-refractivity contribution < 1.29 is 9.47 Å². The summed E-state index contributed by atoms with van der Waals surface area (Å²) < 4.78 is 10.7. The van der Waals surface area contributed by atoms with Gasteiger partial charge >= 0.3 is 0 Å². The van der Waals surface area contributed by atoms with Gasteiger partial charge < -0.3 is 20.1 Å². The number of fused-ring (bicyclic) bond motifs is 1. The van der Waals surface area contributed by atoms with Gasteiger partial charge in [0.25, 0.3) is 0 Å². The molecule has 132 valence electrons. The van der Waals surface area contributed by atoms with Crippen LogP contribution in [0.2, 0.25) is 0 Å². The highest BCUT2D eigenvalue weighted by Crippen LogP contribution is 2.34. The molecule has 0 fully saturated rings. The summed E-state index contributed by atoms with van der Waals surface area (Å²) in [7, 11) is 0. The molecule has 1 aliphatic heterocycles. The lowest BCUT2D eigenvalue weighted by molar-refractivity contribution is 0.174. The molecule has 2 aromatic rings. The molecule has 0 bridgehead atoms. The molecule has 1 aliphatic rings. The lowest BCUT2D eigenvalue weighted by Gasteiger charge is -2.21. The van der Waals surface area contributed by atoms with Crippen LogP contribution >= 0.6 is 12.2 Å². The zero-order chi connectivity index (χ0) is 18.0. The number of benzene rings is 2. The molecule has 0 saturated carbocycles. The lowest BCUT2D eigenvalue weighted by Crippen LogP contribution is -2.30. The topological polar surface area (TPSA) is 42.5 Å². The third kappa shape index (κ3) is 4.23. The van der Waals surface area contributed by atoms with Gasteiger partial charge in [0.15, 0.2) is 16.6 Å². The molecule has 0 radical (unpaired) electrons. The van der Waals surface area contributed by atoms with Crippen molar-refractivity contribution in [3.8, 4) is 11.5 Å². The van der Waals surface area contributed by atoms with Crippen LogP contribution in [0.4, 0.5) is 5.69 Å². The van der Waals surface area contributed by atoms with E-state index >= 15 is 0 Å². The normalized spacial score (nSPS) is 14.1. The van der Waals surface area contributed by atoms with Crippen molar-refractivity contribution in [1.82, 2.24) is 5.32 Å². The van der Waals surface area contributed by atoms with Crippen LogP contribution in [0, 0.1) is 0 Å². The maximum Gasteiger partial charge on any atom is 0.231 e. The molecule has 1 heterocycles. The summed E-state index contributed by atoms with van der Waals surface area (Å²) in [6, 6.07) is 14.5. The Morgan fingerprint density at radius 2 is 1.72 bits per heavy atom. The van der Waals surface area contributed by atoms with Gasteiger partial charge in [-0.3, -0.25) is 0 Å². The van der Waals surface area contributed by atoms with Crippen molar-refractivity contribution in [2.45, 2.75) is 39.2 Å². The highest BCUT2D eigenvalue weighted by Gasteiger charge is 2.15. The zero-order valence-electron chi connectivity index (χ0n) is 15.1. The van der Waals surface area contributed by atoms with Gasteiger partial charge in [-0.05, 0) is 47.8 Å². The fourth-order valence-electron chi connectivity index (χ4n) is 2.69. The van der Waals surface area contributed by atoms with E-state index in [1.165, 1.54) is 11.1 Å². The number of nitrogens with one attached hydrogen (secondary N) is 2. The van der Waals surface area contributed by atoms with Crippen LogP contribution < -0.4 is 20.1 Å². The highest BCUT2D eigenvalue weighted by molar-refractivity contribution is 7.80. The number of ether oxygens (including phenoxy) is 2. The van der Waals surface area contributed by atoms with Gasteiger partial charge in [-0.15, -0.1) is 0 Å². The van der Waals surface area contributed by atoms with Crippen LogP contribution in [-0.2, 0) is 5.41 Å². The third-order valence-electron chi connectivity index (χ3n) is 4.25. The van der Waals surface area contributed by atoms with Gasteiger partial charge in [0.05, 0.1) is 6.04 Å². The minimum Gasteiger partial charge on any atom is -0.454 e. The summed E-state index contributed by atoms with van der Waals surface area (Å²) in [6.45, 7) is 9.01. The van der Waals surface area contributed by atoms with Crippen molar-refractivity contribution in [1.29, 1.82) is 0 Å². The molecule has 0 amide bonds. The SMILES string of the molecule is CC(NC(=S)Nc1ccc2c(c1)OCO2)c1ccc(C(C)(C)C)cc1. The van der Waals surface area contributed by atoms with Crippen molar-refractivity contribution in [2.75, 3.05) is 12.1 Å². The first kappa shape index (κ1) is 17.5. The van der Waals surface area contributed by atoms with Gasteiger partial charge in [0.2, 0.25) is 6.79 Å². The van der Waals surface area contributed by atoms with E-state index in [4.69, 9.17) is 21.7 Å². The zero-order valence-corrected chi connectivity index (χ0v) is 15.9. The fraction of sp³-hybridized carbons (Fsp3) is 0.350. The van der Waals surface area contributed by atoms with Crippen molar-refractivity contribution in [3.05, 3.63) is 53.6 Å². The molecular formula is C20H24N2O2S. The Hall–Kier alpha value is -2.27. The quantitative estimate of drug-likeness (QED) is 0.776. The van der Waals surface area contributed by atoms with Gasteiger partial charge in [-0.25, -0.2) is 0 Å². The summed E-state index contributed by atoms with van der Waals surface area (Å²) in [5, 5.41) is 7.09. The largest absolute Gasteiger partial charge is 0.454 e. The summed E-state index contributed by atoms with van der Waals surface area (Å²) in [5.41, 5.74) is 3.55. The molecule has 0 aliphatic carbocycles. The molecule has 1 unspecified atom stereocenters. The molecule has 5 heteroatoms. The Labute approximate surface area is 154 Å².